The van der Waals surface area contributed by atoms with E-state index in [4.69, 9.17) is 16.3 Å². The lowest BCUT2D eigenvalue weighted by atomic mass is 9.76. The SMILES string of the molecule is CC1=CC(OC(C(C)C)C2C=CC(C(=O)N/C(N)=N/N)CC2)CC(C)=C1C1C=CC(C(F)(F)F)CC1. The van der Waals surface area contributed by atoms with E-state index in [-0.39, 0.29) is 54.2 Å². The fourth-order valence-corrected chi connectivity index (χ4v) is 5.74. The summed E-state index contributed by atoms with van der Waals surface area (Å²) in [5, 5.41) is 5.77. The van der Waals surface area contributed by atoms with Crippen LogP contribution in [0.25, 0.3) is 0 Å². The van der Waals surface area contributed by atoms with Crippen LogP contribution in [-0.4, -0.2) is 30.3 Å². The Morgan fingerprint density at radius 2 is 1.83 bits per heavy atom. The van der Waals surface area contributed by atoms with Crippen molar-refractivity contribution in [2.24, 2.45) is 46.3 Å². The number of carbonyl (C=O) groups excluding carboxylic acids is 1. The van der Waals surface area contributed by atoms with Crippen LogP contribution in [0.15, 0.2) is 52.2 Å². The van der Waals surface area contributed by atoms with Crippen molar-refractivity contribution in [2.45, 2.75) is 78.2 Å². The number of hydrogen-bond acceptors (Lipinski definition) is 4. The van der Waals surface area contributed by atoms with E-state index in [1.807, 2.05) is 13.0 Å². The Labute approximate surface area is 211 Å². The quantitative estimate of drug-likeness (QED) is 0.153. The minimum Gasteiger partial charge on any atom is -0.370 e. The van der Waals surface area contributed by atoms with E-state index in [0.717, 1.165) is 24.0 Å². The number of guanidine groups is 1. The molecule has 1 amide bonds. The average molecular weight is 509 g/mol. The van der Waals surface area contributed by atoms with Crippen LogP contribution in [0.4, 0.5) is 13.2 Å². The Morgan fingerprint density at radius 1 is 1.11 bits per heavy atom. The number of hydrogen-bond donors (Lipinski definition) is 3. The van der Waals surface area contributed by atoms with Crippen LogP contribution in [0, 0.1) is 29.6 Å². The summed E-state index contributed by atoms with van der Waals surface area (Å²) in [6.07, 6.45) is 7.71. The molecule has 0 aromatic carbocycles. The van der Waals surface area contributed by atoms with Gasteiger partial charge in [0.25, 0.3) is 0 Å². The van der Waals surface area contributed by atoms with E-state index in [9.17, 15) is 18.0 Å². The summed E-state index contributed by atoms with van der Waals surface area (Å²) in [6.45, 7) is 8.36. The van der Waals surface area contributed by atoms with Crippen molar-refractivity contribution < 1.29 is 22.7 Å². The molecule has 5 N–H and O–H groups in total. The van der Waals surface area contributed by atoms with Gasteiger partial charge < -0.3 is 16.3 Å². The molecule has 0 fully saturated rings. The highest BCUT2D eigenvalue weighted by Gasteiger charge is 2.40. The summed E-state index contributed by atoms with van der Waals surface area (Å²) >= 11 is 0. The van der Waals surface area contributed by atoms with E-state index in [1.165, 1.54) is 11.6 Å². The van der Waals surface area contributed by atoms with E-state index in [2.05, 4.69) is 43.3 Å². The zero-order valence-corrected chi connectivity index (χ0v) is 21.5. The summed E-state index contributed by atoms with van der Waals surface area (Å²) in [5.41, 5.74) is 8.91. The monoisotopic (exact) mass is 508 g/mol. The third-order valence-electron chi connectivity index (χ3n) is 7.52. The lowest BCUT2D eigenvalue weighted by Crippen LogP contribution is -2.42. The Hall–Kier alpha value is -2.55. The molecule has 9 heteroatoms. The van der Waals surface area contributed by atoms with E-state index >= 15 is 0 Å². The number of nitrogens with two attached hydrogens (primary N) is 2. The van der Waals surface area contributed by atoms with Gasteiger partial charge in [0.1, 0.15) is 0 Å². The number of allylic oxidation sites excluding steroid dienone is 4. The molecule has 0 aromatic rings. The van der Waals surface area contributed by atoms with Gasteiger partial charge in [0.15, 0.2) is 0 Å². The van der Waals surface area contributed by atoms with Crippen LogP contribution >= 0.6 is 0 Å². The van der Waals surface area contributed by atoms with E-state index in [0.29, 0.717) is 12.8 Å². The maximum Gasteiger partial charge on any atom is 0.395 e. The maximum atomic E-state index is 13.1. The maximum absolute atomic E-state index is 13.1. The van der Waals surface area contributed by atoms with Crippen molar-refractivity contribution in [1.82, 2.24) is 5.32 Å². The number of ether oxygens (including phenoxy) is 1. The van der Waals surface area contributed by atoms with Gasteiger partial charge in [-0.2, -0.15) is 13.2 Å². The van der Waals surface area contributed by atoms with Gasteiger partial charge in [-0.1, -0.05) is 49.8 Å². The Kier molecular flexibility index (Phi) is 9.08. The molecule has 0 aromatic heterocycles. The topological polar surface area (TPSA) is 103 Å². The lowest BCUT2D eigenvalue weighted by Gasteiger charge is -2.36. The third-order valence-corrected chi connectivity index (χ3v) is 7.52. The number of amides is 1. The highest BCUT2D eigenvalue weighted by molar-refractivity contribution is 5.97. The number of hydrazone groups is 1. The van der Waals surface area contributed by atoms with Crippen molar-refractivity contribution in [3.63, 3.8) is 0 Å². The van der Waals surface area contributed by atoms with Gasteiger partial charge in [-0.25, -0.2) is 0 Å². The molecule has 3 aliphatic carbocycles. The molecule has 6 atom stereocenters. The molecule has 36 heavy (non-hydrogen) atoms. The van der Waals surface area contributed by atoms with Crippen molar-refractivity contribution in [2.75, 3.05) is 0 Å². The summed E-state index contributed by atoms with van der Waals surface area (Å²) < 4.78 is 45.8. The molecular formula is C27H39F3N4O2. The summed E-state index contributed by atoms with van der Waals surface area (Å²) in [7, 11) is 0. The zero-order valence-electron chi connectivity index (χ0n) is 21.5. The second-order valence-electron chi connectivity index (χ2n) is 10.6. The molecule has 0 saturated heterocycles. The van der Waals surface area contributed by atoms with Gasteiger partial charge in [0.05, 0.1) is 24.0 Å². The number of rotatable bonds is 6. The predicted octanol–water partition coefficient (Wildman–Crippen LogP) is 5.09. The minimum absolute atomic E-state index is 0.0180. The lowest BCUT2D eigenvalue weighted by molar-refractivity contribution is -0.164. The first-order chi connectivity index (χ1) is 16.9. The molecule has 0 heterocycles. The van der Waals surface area contributed by atoms with Crippen LogP contribution in [0.3, 0.4) is 0 Å². The Morgan fingerprint density at radius 3 is 2.33 bits per heavy atom. The van der Waals surface area contributed by atoms with Crippen molar-refractivity contribution >= 4 is 11.9 Å². The summed E-state index contributed by atoms with van der Waals surface area (Å²) in [5.74, 6) is 3.58. The zero-order chi connectivity index (χ0) is 26.6. The molecule has 3 aliphatic rings. The molecule has 0 bridgehead atoms. The first kappa shape index (κ1) is 28.0. The molecule has 0 radical (unpaired) electrons. The minimum atomic E-state index is -4.17. The van der Waals surface area contributed by atoms with Gasteiger partial charge in [-0.15, -0.1) is 5.10 Å². The molecule has 200 valence electrons. The van der Waals surface area contributed by atoms with Crippen LogP contribution in [0.5, 0.6) is 0 Å². The molecule has 0 spiro atoms. The van der Waals surface area contributed by atoms with Crippen LogP contribution < -0.4 is 16.9 Å². The second kappa shape index (κ2) is 11.7. The number of nitrogens with zero attached hydrogens (tertiary/aromatic N) is 1. The van der Waals surface area contributed by atoms with Crippen molar-refractivity contribution in [3.05, 3.63) is 47.1 Å². The van der Waals surface area contributed by atoms with E-state index < -0.39 is 12.1 Å². The first-order valence-corrected chi connectivity index (χ1v) is 12.7. The number of carbonyl (C=O) groups is 1. The van der Waals surface area contributed by atoms with Crippen molar-refractivity contribution in [3.8, 4) is 0 Å². The second-order valence-corrected chi connectivity index (χ2v) is 10.6. The van der Waals surface area contributed by atoms with Crippen molar-refractivity contribution in [1.29, 1.82) is 0 Å². The summed E-state index contributed by atoms with van der Waals surface area (Å²) in [4.78, 5) is 12.3. The number of halogens is 3. The number of alkyl halides is 3. The highest BCUT2D eigenvalue weighted by atomic mass is 19.4. The smallest absolute Gasteiger partial charge is 0.370 e. The molecular weight excluding hydrogens is 469 g/mol. The Bertz CT molecular complexity index is 965. The Balaban J connectivity index is 1.65. The fourth-order valence-electron chi connectivity index (χ4n) is 5.74. The highest BCUT2D eigenvalue weighted by Crippen LogP contribution is 2.42. The van der Waals surface area contributed by atoms with Gasteiger partial charge in [-0.3, -0.25) is 10.1 Å². The largest absolute Gasteiger partial charge is 0.395 e. The van der Waals surface area contributed by atoms with Crippen LogP contribution in [0.1, 0.15) is 59.8 Å². The van der Waals surface area contributed by atoms with Crippen LogP contribution in [-0.2, 0) is 9.53 Å². The van der Waals surface area contributed by atoms with Gasteiger partial charge in [0, 0.05) is 11.8 Å². The molecule has 6 nitrogen and oxygen atoms in total. The van der Waals surface area contributed by atoms with Gasteiger partial charge in [0.2, 0.25) is 11.9 Å². The van der Waals surface area contributed by atoms with Gasteiger partial charge in [-0.05, 0) is 63.0 Å². The normalized spacial score (nSPS) is 30.4. The average Bonchev–Trinajstić information content (AvgIpc) is 2.81. The standard InChI is InChI=1S/C27H39F3N4O2/c1-15(2)24(19-5-7-20(8-6-19)25(35)33-26(31)34-32)36-22-13-16(3)23(17(4)14-22)18-9-11-21(12-10-18)27(28,29)30/h5,7,9,11,13,15,18-22,24H,6,8,10,12,14,32H2,1-4H3,(H3,31,33,34,35). The third kappa shape index (κ3) is 6.81. The molecule has 0 aliphatic heterocycles. The fraction of sp³-hybridized carbons (Fsp3) is 0.630. The predicted molar refractivity (Wildman–Crippen MR) is 135 cm³/mol. The first-order valence-electron chi connectivity index (χ1n) is 12.7. The number of nitrogens with one attached hydrogen (secondary N) is 1. The van der Waals surface area contributed by atoms with Crippen LogP contribution in [0.2, 0.25) is 0 Å². The summed E-state index contributed by atoms with van der Waals surface area (Å²) in [6, 6.07) is 0. The van der Waals surface area contributed by atoms with E-state index in [1.54, 1.807) is 6.08 Å². The molecule has 3 rings (SSSR count). The van der Waals surface area contributed by atoms with Gasteiger partial charge >= 0.3 is 6.18 Å². The molecule has 0 saturated carbocycles. The molecule has 6 unspecified atom stereocenters.